The number of guanidine groups is 1. The van der Waals surface area contributed by atoms with Crippen molar-refractivity contribution < 1.29 is 31.2 Å². The predicted octanol–water partition coefficient (Wildman–Crippen LogP) is 0.874. The summed E-state index contributed by atoms with van der Waals surface area (Å²) in [7, 11) is -4.98. The number of amides is 2. The Morgan fingerprint density at radius 1 is 1.08 bits per heavy atom. The normalized spacial score (nSPS) is 20.3. The smallest absolute Gasteiger partial charge is 0.370 e. The van der Waals surface area contributed by atoms with Gasteiger partial charge in [-0.15, -0.1) is 0 Å². The summed E-state index contributed by atoms with van der Waals surface area (Å²) < 4.78 is 67.3. The van der Waals surface area contributed by atoms with Crippen molar-refractivity contribution in [3.8, 4) is 0 Å². The van der Waals surface area contributed by atoms with E-state index in [1.54, 1.807) is 35.2 Å². The van der Waals surface area contributed by atoms with E-state index >= 15 is 0 Å². The fraction of sp³-hybridized carbons (Fsp3) is 0.609. The highest BCUT2D eigenvalue weighted by Gasteiger charge is 2.46. The van der Waals surface area contributed by atoms with Crippen LogP contribution in [-0.2, 0) is 26.0 Å². The Balaban J connectivity index is 1.99. The lowest BCUT2D eigenvalue weighted by Gasteiger charge is -2.38. The molecule has 0 aliphatic carbocycles. The maximum atomic E-state index is 13.8. The van der Waals surface area contributed by atoms with E-state index < -0.39 is 45.9 Å². The molecule has 2 heterocycles. The van der Waals surface area contributed by atoms with Gasteiger partial charge in [-0.3, -0.25) is 15.0 Å². The summed E-state index contributed by atoms with van der Waals surface area (Å²) in [5.74, 6) is -4.08. The lowest BCUT2D eigenvalue weighted by molar-refractivity contribution is -0.140. The number of nitrogens with zero attached hydrogens (tertiary/aromatic N) is 3. The second-order valence-electron chi connectivity index (χ2n) is 9.55. The molecule has 2 aliphatic heterocycles. The van der Waals surface area contributed by atoms with E-state index in [1.807, 2.05) is 0 Å². The van der Waals surface area contributed by atoms with E-state index in [-0.39, 0.29) is 31.4 Å². The number of rotatable bonds is 9. The van der Waals surface area contributed by atoms with Gasteiger partial charge < -0.3 is 21.3 Å². The number of hydrogen-bond donors (Lipinski definition) is 3. The molecule has 1 aromatic carbocycles. The van der Waals surface area contributed by atoms with Crippen molar-refractivity contribution in [2.24, 2.45) is 17.4 Å². The summed E-state index contributed by atoms with van der Waals surface area (Å²) in [4.78, 5) is 28.5. The number of halogens is 3. The molecule has 37 heavy (non-hydrogen) atoms. The number of nitrogens with two attached hydrogens (primary N) is 2. The molecule has 0 bridgehead atoms. The highest BCUT2D eigenvalue weighted by Crippen LogP contribution is 2.29. The monoisotopic (exact) mass is 546 g/mol. The second kappa shape index (κ2) is 11.7. The summed E-state index contributed by atoms with van der Waals surface area (Å²) in [6, 6.07) is 5.99. The number of likely N-dealkylation sites (tertiary alicyclic amines) is 2. The Labute approximate surface area is 214 Å². The molecule has 3 rings (SSSR count). The fourth-order valence-electron chi connectivity index (χ4n) is 5.00. The third-order valence-corrected chi connectivity index (χ3v) is 8.68. The summed E-state index contributed by atoms with van der Waals surface area (Å²) in [5.41, 5.74) is 11.6. The van der Waals surface area contributed by atoms with Crippen LogP contribution in [0.25, 0.3) is 0 Å². The number of primary amides is 1. The number of benzene rings is 1. The Morgan fingerprint density at radius 3 is 2.24 bits per heavy atom. The van der Waals surface area contributed by atoms with Crippen molar-refractivity contribution in [2.75, 3.05) is 31.9 Å². The van der Waals surface area contributed by atoms with Gasteiger partial charge in [-0.1, -0.05) is 30.3 Å². The number of carbonyl (C=O) groups excluding carboxylic acids is 2. The van der Waals surface area contributed by atoms with Crippen LogP contribution < -0.4 is 11.5 Å². The molecule has 14 heteroatoms. The third-order valence-electron chi connectivity index (χ3n) is 6.87. The number of carbonyl (C=O) groups is 2. The molecule has 1 aromatic rings. The number of hydrogen-bond acceptors (Lipinski definition) is 5. The third kappa shape index (κ3) is 7.57. The quantitative estimate of drug-likeness (QED) is 0.309. The fourth-order valence-corrected chi connectivity index (χ4v) is 6.57. The van der Waals surface area contributed by atoms with Gasteiger partial charge >= 0.3 is 6.18 Å². The van der Waals surface area contributed by atoms with E-state index in [9.17, 15) is 31.2 Å². The van der Waals surface area contributed by atoms with Gasteiger partial charge in [-0.25, -0.2) is 8.42 Å². The van der Waals surface area contributed by atoms with Crippen LogP contribution in [0.5, 0.6) is 0 Å². The van der Waals surface area contributed by atoms with Crippen LogP contribution >= 0.6 is 0 Å². The van der Waals surface area contributed by atoms with Crippen LogP contribution in [0.15, 0.2) is 30.3 Å². The van der Waals surface area contributed by atoms with Gasteiger partial charge in [0, 0.05) is 26.2 Å². The average molecular weight is 547 g/mol. The van der Waals surface area contributed by atoms with Gasteiger partial charge in [-0.2, -0.15) is 17.5 Å². The SMILES string of the molecule is N=C(N)N1CCC(CN([C@H](Cc2ccccc2)C(=O)N2CCC[C@H]2C(N)=O)S(=O)(=O)CC(F)(F)F)CC1. The molecule has 0 saturated carbocycles. The highest BCUT2D eigenvalue weighted by molar-refractivity contribution is 7.89. The van der Waals surface area contributed by atoms with E-state index in [0.29, 0.717) is 48.6 Å². The van der Waals surface area contributed by atoms with Crippen LogP contribution in [0.3, 0.4) is 0 Å². The lowest BCUT2D eigenvalue weighted by atomic mass is 9.95. The molecule has 2 saturated heterocycles. The maximum Gasteiger partial charge on any atom is 0.404 e. The van der Waals surface area contributed by atoms with Crippen molar-refractivity contribution >= 4 is 27.8 Å². The summed E-state index contributed by atoms with van der Waals surface area (Å²) in [6.07, 6.45) is -3.63. The molecule has 5 N–H and O–H groups in total. The van der Waals surface area contributed by atoms with Crippen molar-refractivity contribution in [1.82, 2.24) is 14.1 Å². The molecular formula is C23H33F3N6O4S. The van der Waals surface area contributed by atoms with E-state index in [1.165, 1.54) is 4.90 Å². The van der Waals surface area contributed by atoms with Gasteiger partial charge in [-0.05, 0) is 43.6 Å². The molecule has 0 unspecified atom stereocenters. The first-order chi connectivity index (χ1) is 17.3. The van der Waals surface area contributed by atoms with Crippen molar-refractivity contribution in [3.05, 3.63) is 35.9 Å². The first kappa shape index (κ1) is 28.7. The first-order valence-corrected chi connectivity index (χ1v) is 13.7. The van der Waals surface area contributed by atoms with Crippen LogP contribution in [0, 0.1) is 11.3 Å². The van der Waals surface area contributed by atoms with E-state index in [4.69, 9.17) is 16.9 Å². The molecule has 2 fully saturated rings. The van der Waals surface area contributed by atoms with Crippen molar-refractivity contribution in [1.29, 1.82) is 5.41 Å². The molecule has 2 atom stereocenters. The molecule has 10 nitrogen and oxygen atoms in total. The summed E-state index contributed by atoms with van der Waals surface area (Å²) in [6.45, 7) is 0.547. The minimum atomic E-state index is -5.02. The number of piperidine rings is 1. The predicted molar refractivity (Wildman–Crippen MR) is 131 cm³/mol. The molecule has 0 radical (unpaired) electrons. The molecule has 2 aliphatic rings. The Bertz CT molecular complexity index is 1080. The van der Waals surface area contributed by atoms with E-state index in [0.717, 1.165) is 0 Å². The standard InChI is InChI=1S/C23H33F3N6O4S/c24-23(25,26)15-37(35,36)32(14-17-8-11-30(12-9-17)22(28)29)19(13-16-5-2-1-3-6-16)21(34)31-10-4-7-18(31)20(27)33/h1-3,5-6,17-19H,4,7-15H2,(H2,27,33)(H3,28,29)/t18-,19+/m0/s1. The molecule has 0 aromatic heterocycles. The zero-order valence-corrected chi connectivity index (χ0v) is 21.2. The lowest BCUT2D eigenvalue weighted by Crippen LogP contribution is -2.57. The zero-order chi connectivity index (χ0) is 27.4. The molecular weight excluding hydrogens is 513 g/mol. The van der Waals surface area contributed by atoms with Gasteiger partial charge in [0.05, 0.1) is 0 Å². The number of alkyl halides is 3. The van der Waals surface area contributed by atoms with Crippen molar-refractivity contribution in [3.63, 3.8) is 0 Å². The van der Waals surface area contributed by atoms with Gasteiger partial charge in [0.15, 0.2) is 11.7 Å². The molecule has 206 valence electrons. The second-order valence-corrected chi connectivity index (χ2v) is 11.5. The Morgan fingerprint density at radius 2 is 1.70 bits per heavy atom. The largest absolute Gasteiger partial charge is 0.404 e. The van der Waals surface area contributed by atoms with Crippen LogP contribution in [0.1, 0.15) is 31.2 Å². The number of sulfonamides is 1. The Kier molecular flexibility index (Phi) is 9.05. The highest BCUT2D eigenvalue weighted by atomic mass is 32.2. The van der Waals surface area contributed by atoms with Gasteiger partial charge in [0.1, 0.15) is 12.1 Å². The Hall–Kier alpha value is -2.87. The van der Waals surface area contributed by atoms with Gasteiger partial charge in [0.2, 0.25) is 21.8 Å². The summed E-state index contributed by atoms with van der Waals surface area (Å²) in [5, 5.41) is 7.58. The molecule has 0 spiro atoms. The first-order valence-electron chi connectivity index (χ1n) is 12.1. The topological polar surface area (TPSA) is 154 Å². The van der Waals surface area contributed by atoms with Crippen LogP contribution in [0.2, 0.25) is 0 Å². The van der Waals surface area contributed by atoms with Crippen LogP contribution in [-0.4, -0.2) is 90.5 Å². The molecule has 2 amide bonds. The maximum absolute atomic E-state index is 13.8. The number of nitrogens with one attached hydrogen (secondary N) is 1. The summed E-state index contributed by atoms with van der Waals surface area (Å²) >= 11 is 0. The van der Waals surface area contributed by atoms with E-state index in [2.05, 4.69) is 0 Å². The minimum Gasteiger partial charge on any atom is -0.370 e. The average Bonchev–Trinajstić information content (AvgIpc) is 3.31. The minimum absolute atomic E-state index is 0.136. The van der Waals surface area contributed by atoms with Crippen molar-refractivity contribution in [2.45, 2.75) is 50.4 Å². The van der Waals surface area contributed by atoms with Crippen LogP contribution in [0.4, 0.5) is 13.2 Å². The van der Waals surface area contributed by atoms with Gasteiger partial charge in [0.25, 0.3) is 0 Å². The zero-order valence-electron chi connectivity index (χ0n) is 20.4.